The number of benzene rings is 1. The van der Waals surface area contributed by atoms with Crippen molar-refractivity contribution in [2.45, 2.75) is 17.3 Å². The van der Waals surface area contributed by atoms with Gasteiger partial charge in [0.2, 0.25) is 5.91 Å². The molecule has 2 aromatic heterocycles. The maximum Gasteiger partial charge on any atom is 0.251 e. The summed E-state index contributed by atoms with van der Waals surface area (Å²) in [5.74, 6) is -0.761. The molecule has 0 fully saturated rings. The number of nitrogens with two attached hydrogens (primary N) is 1. The first-order chi connectivity index (χ1) is 12.5. The molecule has 3 N–H and O–H groups in total. The van der Waals surface area contributed by atoms with Crippen molar-refractivity contribution in [1.82, 2.24) is 9.55 Å². The van der Waals surface area contributed by atoms with Gasteiger partial charge in [0.05, 0.1) is 22.7 Å². The average Bonchev–Trinajstić information content (AvgIpc) is 3.23. The number of hydrogen-bond donors (Lipinski definition) is 2. The molecule has 3 aromatic rings. The third kappa shape index (κ3) is 3.81. The Hall–Kier alpha value is -2.58. The minimum Gasteiger partial charge on any atom is -0.366 e. The summed E-state index contributed by atoms with van der Waals surface area (Å²) < 4.78 is 1.96. The molecule has 26 heavy (non-hydrogen) atoms. The molecule has 1 unspecified atom stereocenters. The van der Waals surface area contributed by atoms with Gasteiger partial charge in [0.25, 0.3) is 5.91 Å². The maximum absolute atomic E-state index is 12.5. The van der Waals surface area contributed by atoms with Gasteiger partial charge in [0.15, 0.2) is 5.16 Å². The predicted molar refractivity (Wildman–Crippen MR) is 105 cm³/mol. The minimum atomic E-state index is -0.557. The molecule has 0 aliphatic rings. The van der Waals surface area contributed by atoms with Gasteiger partial charge in [0, 0.05) is 7.05 Å². The van der Waals surface area contributed by atoms with E-state index >= 15 is 0 Å². The van der Waals surface area contributed by atoms with E-state index in [1.165, 1.54) is 23.1 Å². The number of primary amides is 1. The number of rotatable bonds is 6. The highest BCUT2D eigenvalue weighted by Gasteiger charge is 2.20. The summed E-state index contributed by atoms with van der Waals surface area (Å²) in [6.45, 7) is 1.80. The smallest absolute Gasteiger partial charge is 0.251 e. The molecule has 0 spiro atoms. The number of thioether (sulfide) groups is 1. The van der Waals surface area contributed by atoms with Crippen LogP contribution in [-0.4, -0.2) is 26.6 Å². The van der Waals surface area contributed by atoms with E-state index in [9.17, 15) is 9.59 Å². The van der Waals surface area contributed by atoms with Crippen molar-refractivity contribution in [3.8, 4) is 11.3 Å². The molecule has 0 saturated heterocycles. The van der Waals surface area contributed by atoms with Gasteiger partial charge in [-0.3, -0.25) is 9.59 Å². The van der Waals surface area contributed by atoms with Crippen molar-refractivity contribution in [2.75, 3.05) is 5.32 Å². The molecule has 2 heterocycles. The fourth-order valence-electron chi connectivity index (χ4n) is 2.40. The van der Waals surface area contributed by atoms with E-state index in [1.54, 1.807) is 24.6 Å². The van der Waals surface area contributed by atoms with Crippen molar-refractivity contribution in [3.05, 3.63) is 53.5 Å². The van der Waals surface area contributed by atoms with Crippen LogP contribution in [0.3, 0.4) is 0 Å². The molecular formula is C18H18N4O2S2. The summed E-state index contributed by atoms with van der Waals surface area (Å²) in [4.78, 5) is 28.3. The van der Waals surface area contributed by atoms with Crippen molar-refractivity contribution >= 4 is 39.9 Å². The molecule has 0 aliphatic heterocycles. The summed E-state index contributed by atoms with van der Waals surface area (Å²) >= 11 is 2.63. The van der Waals surface area contributed by atoms with Gasteiger partial charge in [-0.25, -0.2) is 4.98 Å². The lowest BCUT2D eigenvalue weighted by Crippen LogP contribution is -2.24. The predicted octanol–water partition coefficient (Wildman–Crippen LogP) is 3.37. The number of nitrogens with zero attached hydrogens (tertiary/aromatic N) is 2. The topological polar surface area (TPSA) is 90.0 Å². The normalized spacial score (nSPS) is 11.9. The van der Waals surface area contributed by atoms with Crippen LogP contribution in [-0.2, 0) is 11.8 Å². The molecule has 0 aliphatic carbocycles. The lowest BCUT2D eigenvalue weighted by atomic mass is 10.2. The number of imidazole rings is 1. The number of carbonyl (C=O) groups excluding carboxylic acids is 2. The second kappa shape index (κ2) is 7.76. The van der Waals surface area contributed by atoms with E-state index in [1.807, 2.05) is 41.9 Å². The summed E-state index contributed by atoms with van der Waals surface area (Å²) in [6.07, 6.45) is 1.80. The van der Waals surface area contributed by atoms with Crippen LogP contribution in [0.4, 0.5) is 5.00 Å². The molecule has 8 heteroatoms. The first-order valence-electron chi connectivity index (χ1n) is 7.89. The SMILES string of the molecule is CC(Sc1ncc(-c2ccccc2)n1C)C(=O)Nc1sccc1C(N)=O. The van der Waals surface area contributed by atoms with E-state index in [0.717, 1.165) is 16.4 Å². The number of aromatic nitrogens is 2. The van der Waals surface area contributed by atoms with Crippen LogP contribution in [0, 0.1) is 0 Å². The second-order valence-corrected chi connectivity index (χ2v) is 7.85. The molecule has 134 valence electrons. The first kappa shape index (κ1) is 18.2. The van der Waals surface area contributed by atoms with Gasteiger partial charge >= 0.3 is 0 Å². The Bertz CT molecular complexity index is 934. The van der Waals surface area contributed by atoms with Crippen molar-refractivity contribution in [1.29, 1.82) is 0 Å². The molecule has 6 nitrogen and oxygen atoms in total. The van der Waals surface area contributed by atoms with E-state index in [-0.39, 0.29) is 11.2 Å². The maximum atomic E-state index is 12.5. The molecule has 0 radical (unpaired) electrons. The van der Waals surface area contributed by atoms with Gasteiger partial charge < -0.3 is 15.6 Å². The van der Waals surface area contributed by atoms with Crippen molar-refractivity contribution in [2.24, 2.45) is 12.8 Å². The largest absolute Gasteiger partial charge is 0.366 e. The van der Waals surface area contributed by atoms with Crippen molar-refractivity contribution < 1.29 is 9.59 Å². The lowest BCUT2D eigenvalue weighted by Gasteiger charge is -2.12. The average molecular weight is 387 g/mol. The van der Waals surface area contributed by atoms with E-state index in [0.29, 0.717) is 10.6 Å². The highest BCUT2D eigenvalue weighted by Crippen LogP contribution is 2.29. The number of hydrogen-bond acceptors (Lipinski definition) is 5. The number of amides is 2. The monoisotopic (exact) mass is 386 g/mol. The molecule has 0 saturated carbocycles. The Morgan fingerprint density at radius 1 is 1.27 bits per heavy atom. The third-order valence-corrected chi connectivity index (χ3v) is 5.82. The quantitative estimate of drug-likeness (QED) is 0.636. The van der Waals surface area contributed by atoms with Gasteiger partial charge in [-0.05, 0) is 23.9 Å². The summed E-state index contributed by atoms with van der Waals surface area (Å²) in [5, 5.41) is 5.32. The summed E-state index contributed by atoms with van der Waals surface area (Å²) in [6, 6.07) is 11.6. The van der Waals surface area contributed by atoms with Crippen LogP contribution in [0.25, 0.3) is 11.3 Å². The van der Waals surface area contributed by atoms with Gasteiger partial charge in [-0.1, -0.05) is 42.1 Å². The van der Waals surface area contributed by atoms with E-state index < -0.39 is 5.91 Å². The molecule has 1 atom stereocenters. The molecule has 2 amide bonds. The molecular weight excluding hydrogens is 368 g/mol. The highest BCUT2D eigenvalue weighted by molar-refractivity contribution is 8.00. The van der Waals surface area contributed by atoms with Crippen LogP contribution in [0.5, 0.6) is 0 Å². The Kier molecular flexibility index (Phi) is 5.43. The molecule has 3 rings (SSSR count). The fraction of sp³-hybridized carbons (Fsp3) is 0.167. The molecule has 0 bridgehead atoms. The van der Waals surface area contributed by atoms with Crippen LogP contribution in [0.1, 0.15) is 17.3 Å². The lowest BCUT2D eigenvalue weighted by molar-refractivity contribution is -0.115. The summed E-state index contributed by atoms with van der Waals surface area (Å²) in [7, 11) is 1.92. The highest BCUT2D eigenvalue weighted by atomic mass is 32.2. The van der Waals surface area contributed by atoms with E-state index in [4.69, 9.17) is 5.73 Å². The Labute approximate surface area is 159 Å². The van der Waals surface area contributed by atoms with Crippen molar-refractivity contribution in [3.63, 3.8) is 0 Å². The Balaban J connectivity index is 1.71. The number of carbonyl (C=O) groups is 2. The van der Waals surface area contributed by atoms with Crippen LogP contribution in [0.15, 0.2) is 53.1 Å². The number of thiophene rings is 1. The zero-order valence-electron chi connectivity index (χ0n) is 14.3. The van der Waals surface area contributed by atoms with E-state index in [2.05, 4.69) is 10.3 Å². The Morgan fingerprint density at radius 3 is 2.69 bits per heavy atom. The van der Waals surface area contributed by atoms with Crippen LogP contribution < -0.4 is 11.1 Å². The number of nitrogens with one attached hydrogen (secondary N) is 1. The Morgan fingerprint density at radius 2 is 2.00 bits per heavy atom. The number of anilines is 1. The molecule has 1 aromatic carbocycles. The standard InChI is InChI=1S/C18H18N4O2S2/c1-11(16(24)21-17-13(15(19)23)8-9-25-17)26-18-20-10-14(22(18)2)12-6-4-3-5-7-12/h3-11H,1-2H3,(H2,19,23)(H,21,24). The van der Waals surface area contributed by atoms with Gasteiger partial charge in [-0.15, -0.1) is 11.3 Å². The minimum absolute atomic E-state index is 0.204. The fourth-order valence-corrected chi connectivity index (χ4v) is 4.05. The summed E-state index contributed by atoms with van der Waals surface area (Å²) in [5.41, 5.74) is 7.68. The van der Waals surface area contributed by atoms with Gasteiger partial charge in [-0.2, -0.15) is 0 Å². The third-order valence-electron chi connectivity index (χ3n) is 3.83. The van der Waals surface area contributed by atoms with Gasteiger partial charge in [0.1, 0.15) is 5.00 Å². The zero-order chi connectivity index (χ0) is 18.7. The zero-order valence-corrected chi connectivity index (χ0v) is 15.9. The van der Waals surface area contributed by atoms with Crippen LogP contribution in [0.2, 0.25) is 0 Å². The first-order valence-corrected chi connectivity index (χ1v) is 9.65. The van der Waals surface area contributed by atoms with Crippen LogP contribution >= 0.6 is 23.1 Å². The second-order valence-electron chi connectivity index (χ2n) is 5.63.